The van der Waals surface area contributed by atoms with Crippen LogP contribution in [0.15, 0.2) is 42.7 Å². The number of hydrogen-bond donors (Lipinski definition) is 3. The molecule has 0 saturated carbocycles. The topological polar surface area (TPSA) is 59.7 Å². The van der Waals surface area contributed by atoms with E-state index in [-0.39, 0.29) is 0 Å². The zero-order valence-electron chi connectivity index (χ0n) is 17.3. The highest BCUT2D eigenvalue weighted by Gasteiger charge is 2.21. The Labute approximate surface area is 171 Å². The van der Waals surface area contributed by atoms with Crippen molar-refractivity contribution in [2.24, 2.45) is 0 Å². The van der Waals surface area contributed by atoms with Crippen LogP contribution in [0.5, 0.6) is 0 Å². The number of fused-ring (bicyclic) bond motifs is 2. The molecule has 4 heterocycles. The van der Waals surface area contributed by atoms with E-state index >= 15 is 0 Å². The summed E-state index contributed by atoms with van der Waals surface area (Å²) in [6.07, 6.45) is 6.34. The minimum atomic E-state index is 0.667. The highest BCUT2D eigenvalue weighted by atomic mass is 15.1. The van der Waals surface area contributed by atoms with Gasteiger partial charge in [-0.1, -0.05) is 6.07 Å². The molecule has 0 unspecified atom stereocenters. The lowest BCUT2D eigenvalue weighted by Crippen LogP contribution is -2.37. The van der Waals surface area contributed by atoms with Crippen molar-refractivity contribution >= 4 is 21.9 Å². The van der Waals surface area contributed by atoms with Crippen LogP contribution >= 0.6 is 0 Å². The number of aromatic amines is 2. The van der Waals surface area contributed by atoms with Gasteiger partial charge in [0.1, 0.15) is 5.65 Å². The molecule has 0 bridgehead atoms. The van der Waals surface area contributed by atoms with Crippen molar-refractivity contribution in [2.45, 2.75) is 25.7 Å². The number of hydrogen-bond acceptors (Lipinski definition) is 3. The monoisotopic (exact) mass is 387 g/mol. The number of rotatable bonds is 5. The van der Waals surface area contributed by atoms with Crippen molar-refractivity contribution in [1.29, 1.82) is 0 Å². The Balaban J connectivity index is 1.45. The SMILES string of the molecule is CNCCN1CCC(c2ccc3[nH]c(-c4ccnc5[nH]ccc45)c(C)c3c2)CC1. The number of nitrogens with zero attached hydrogens (tertiary/aromatic N) is 2. The number of likely N-dealkylation sites (tertiary alicyclic amines) is 1. The van der Waals surface area contributed by atoms with E-state index in [4.69, 9.17) is 0 Å². The van der Waals surface area contributed by atoms with Crippen molar-refractivity contribution in [3.63, 3.8) is 0 Å². The minimum absolute atomic E-state index is 0.667. The average molecular weight is 388 g/mol. The molecule has 5 rings (SSSR count). The molecule has 0 radical (unpaired) electrons. The third-order valence-corrected chi connectivity index (χ3v) is 6.55. The second-order valence-corrected chi connectivity index (χ2v) is 8.25. The molecule has 1 saturated heterocycles. The van der Waals surface area contributed by atoms with Crippen LogP contribution in [-0.4, -0.2) is 53.1 Å². The fourth-order valence-corrected chi connectivity index (χ4v) is 4.81. The largest absolute Gasteiger partial charge is 0.354 e. The predicted octanol–water partition coefficient (Wildman–Crippen LogP) is 4.42. The number of piperidine rings is 1. The zero-order valence-corrected chi connectivity index (χ0v) is 17.3. The number of H-pyrrole nitrogens is 2. The van der Waals surface area contributed by atoms with Crippen LogP contribution in [-0.2, 0) is 0 Å². The van der Waals surface area contributed by atoms with Gasteiger partial charge in [0, 0.05) is 47.3 Å². The van der Waals surface area contributed by atoms with Crippen LogP contribution in [0.2, 0.25) is 0 Å². The summed E-state index contributed by atoms with van der Waals surface area (Å²) >= 11 is 0. The van der Waals surface area contributed by atoms with E-state index in [1.54, 1.807) is 0 Å². The number of pyridine rings is 1. The van der Waals surface area contributed by atoms with Crippen molar-refractivity contribution in [3.8, 4) is 11.3 Å². The van der Waals surface area contributed by atoms with Crippen molar-refractivity contribution in [3.05, 3.63) is 53.9 Å². The standard InChI is InChI=1S/C24H29N5/c1-16-21-15-18(17-7-12-29(13-8-17)14-11-25-2)3-4-22(21)28-23(16)19-5-9-26-24-20(19)6-10-27-24/h3-6,9-10,15,17,25,28H,7-8,11-14H2,1-2H3,(H,26,27). The van der Waals surface area contributed by atoms with Crippen LogP contribution in [0.4, 0.5) is 0 Å². The molecule has 150 valence electrons. The van der Waals surface area contributed by atoms with E-state index < -0.39 is 0 Å². The molecule has 3 aromatic heterocycles. The van der Waals surface area contributed by atoms with E-state index in [0.29, 0.717) is 5.92 Å². The number of aromatic nitrogens is 3. The third kappa shape index (κ3) is 3.34. The average Bonchev–Trinajstić information content (AvgIpc) is 3.37. The Kier molecular flexibility index (Phi) is 4.86. The van der Waals surface area contributed by atoms with Crippen LogP contribution in [0.3, 0.4) is 0 Å². The maximum atomic E-state index is 4.43. The first-order chi connectivity index (χ1) is 14.2. The fourth-order valence-electron chi connectivity index (χ4n) is 4.81. The van der Waals surface area contributed by atoms with Crippen LogP contribution < -0.4 is 5.32 Å². The van der Waals surface area contributed by atoms with Gasteiger partial charge in [-0.15, -0.1) is 0 Å². The zero-order chi connectivity index (χ0) is 19.8. The lowest BCUT2D eigenvalue weighted by molar-refractivity contribution is 0.214. The summed E-state index contributed by atoms with van der Waals surface area (Å²) in [5, 5.41) is 5.76. The summed E-state index contributed by atoms with van der Waals surface area (Å²) in [4.78, 5) is 13.9. The Bertz CT molecular complexity index is 1130. The van der Waals surface area contributed by atoms with Crippen molar-refractivity contribution in [1.82, 2.24) is 25.2 Å². The van der Waals surface area contributed by atoms with Gasteiger partial charge in [0.15, 0.2) is 0 Å². The summed E-state index contributed by atoms with van der Waals surface area (Å²) in [6, 6.07) is 11.2. The van der Waals surface area contributed by atoms with Gasteiger partial charge in [0.25, 0.3) is 0 Å². The number of nitrogens with one attached hydrogen (secondary N) is 3. The van der Waals surface area contributed by atoms with Gasteiger partial charge in [-0.3, -0.25) is 0 Å². The molecule has 0 amide bonds. The van der Waals surface area contributed by atoms with Gasteiger partial charge in [-0.25, -0.2) is 4.98 Å². The normalized spacial score (nSPS) is 16.2. The summed E-state index contributed by atoms with van der Waals surface area (Å²) in [5.74, 6) is 0.667. The van der Waals surface area contributed by atoms with E-state index in [1.165, 1.54) is 59.2 Å². The van der Waals surface area contributed by atoms with Crippen molar-refractivity contribution < 1.29 is 0 Å². The molecule has 29 heavy (non-hydrogen) atoms. The molecular weight excluding hydrogens is 358 g/mol. The molecule has 0 spiro atoms. The summed E-state index contributed by atoms with van der Waals surface area (Å²) in [6.45, 7) is 6.86. The molecule has 1 aliphatic heterocycles. The van der Waals surface area contributed by atoms with Gasteiger partial charge in [0.2, 0.25) is 0 Å². The van der Waals surface area contributed by atoms with Gasteiger partial charge < -0.3 is 20.2 Å². The smallest absolute Gasteiger partial charge is 0.137 e. The van der Waals surface area contributed by atoms with Crippen molar-refractivity contribution in [2.75, 3.05) is 33.2 Å². The second-order valence-electron chi connectivity index (χ2n) is 8.25. The van der Waals surface area contributed by atoms with E-state index in [0.717, 1.165) is 24.1 Å². The maximum absolute atomic E-state index is 4.43. The third-order valence-electron chi connectivity index (χ3n) is 6.55. The first kappa shape index (κ1) is 18.4. The molecule has 1 fully saturated rings. The predicted molar refractivity (Wildman–Crippen MR) is 120 cm³/mol. The Hall–Kier alpha value is -2.63. The molecule has 0 aliphatic carbocycles. The molecule has 5 heteroatoms. The highest BCUT2D eigenvalue weighted by Crippen LogP contribution is 2.36. The Morgan fingerprint density at radius 2 is 2.00 bits per heavy atom. The molecule has 3 N–H and O–H groups in total. The molecule has 1 aliphatic rings. The summed E-state index contributed by atoms with van der Waals surface area (Å²) < 4.78 is 0. The van der Waals surface area contributed by atoms with Crippen LogP contribution in [0.1, 0.15) is 29.9 Å². The van der Waals surface area contributed by atoms with Crippen LogP contribution in [0, 0.1) is 6.92 Å². The molecule has 0 atom stereocenters. The van der Waals surface area contributed by atoms with Gasteiger partial charge in [-0.05, 0) is 81.2 Å². The van der Waals surface area contributed by atoms with Gasteiger partial charge in [-0.2, -0.15) is 0 Å². The lowest BCUT2D eigenvalue weighted by Gasteiger charge is -2.32. The molecular formula is C24H29N5. The molecule has 4 aromatic rings. The highest BCUT2D eigenvalue weighted by molar-refractivity contribution is 5.98. The van der Waals surface area contributed by atoms with E-state index in [1.807, 2.05) is 19.4 Å². The second kappa shape index (κ2) is 7.65. The maximum Gasteiger partial charge on any atom is 0.137 e. The fraction of sp³-hybridized carbons (Fsp3) is 0.375. The first-order valence-electron chi connectivity index (χ1n) is 10.7. The van der Waals surface area contributed by atoms with E-state index in [9.17, 15) is 0 Å². The van der Waals surface area contributed by atoms with Crippen LogP contribution in [0.25, 0.3) is 33.2 Å². The van der Waals surface area contributed by atoms with Gasteiger partial charge >= 0.3 is 0 Å². The lowest BCUT2D eigenvalue weighted by atomic mass is 9.88. The van der Waals surface area contributed by atoms with Gasteiger partial charge in [0.05, 0.1) is 5.69 Å². The minimum Gasteiger partial charge on any atom is -0.354 e. The Morgan fingerprint density at radius 1 is 1.14 bits per heavy atom. The summed E-state index contributed by atoms with van der Waals surface area (Å²) in [7, 11) is 2.03. The van der Waals surface area contributed by atoms with E-state index in [2.05, 4.69) is 62.4 Å². The summed E-state index contributed by atoms with van der Waals surface area (Å²) in [5.41, 5.74) is 7.37. The number of likely N-dealkylation sites (N-methyl/N-ethyl adjacent to an activating group) is 1. The number of benzene rings is 1. The number of aryl methyl sites for hydroxylation is 1. The molecule has 1 aromatic carbocycles. The Morgan fingerprint density at radius 3 is 2.83 bits per heavy atom. The molecule has 5 nitrogen and oxygen atoms in total. The quantitative estimate of drug-likeness (QED) is 0.475. The first-order valence-corrected chi connectivity index (χ1v) is 10.7.